The van der Waals surface area contributed by atoms with Crippen LogP contribution in [0.1, 0.15) is 51.0 Å². The summed E-state index contributed by atoms with van der Waals surface area (Å²) in [5.74, 6) is -0.159. The lowest BCUT2D eigenvalue weighted by Gasteiger charge is -2.34. The van der Waals surface area contributed by atoms with Crippen LogP contribution in [0.25, 0.3) is 0 Å². The lowest BCUT2D eigenvalue weighted by molar-refractivity contribution is -0.138. The average Bonchev–Trinajstić information content (AvgIpc) is 2.70. The monoisotopic (exact) mass is 381 g/mol. The molecule has 3 rings (SSSR count). The molecule has 28 heavy (non-hydrogen) atoms. The van der Waals surface area contributed by atoms with Gasteiger partial charge in [0.05, 0.1) is 18.1 Å². The summed E-state index contributed by atoms with van der Waals surface area (Å²) in [6, 6.07) is 7.63. The van der Waals surface area contributed by atoms with Crippen LogP contribution in [0.3, 0.4) is 0 Å². The van der Waals surface area contributed by atoms with Gasteiger partial charge >= 0.3 is 5.97 Å². The number of hydrogen-bond donors (Lipinski definition) is 1. The number of esters is 1. The SMILES string of the molecule is C=CCOC(=O)C1=C(C)NC2=C(C(=O)CCC2)[C@H]1c1ccccc1OCCC. The third kappa shape index (κ3) is 3.88. The third-order valence-corrected chi connectivity index (χ3v) is 5.02. The van der Waals surface area contributed by atoms with Gasteiger partial charge in [-0.25, -0.2) is 4.79 Å². The van der Waals surface area contributed by atoms with E-state index in [4.69, 9.17) is 9.47 Å². The Bertz CT molecular complexity index is 850. The fraction of sp³-hybridized carbons (Fsp3) is 0.391. The molecule has 1 atom stereocenters. The van der Waals surface area contributed by atoms with Crippen LogP contribution in [0.5, 0.6) is 5.75 Å². The van der Waals surface area contributed by atoms with Crippen molar-refractivity contribution in [3.05, 3.63) is 65.0 Å². The lowest BCUT2D eigenvalue weighted by Crippen LogP contribution is -2.34. The second-order valence-corrected chi connectivity index (χ2v) is 7.04. The van der Waals surface area contributed by atoms with Gasteiger partial charge in [0.1, 0.15) is 12.4 Å². The minimum atomic E-state index is -0.491. The number of allylic oxidation sites excluding steroid dienone is 3. The number of para-hydroxylation sites is 1. The van der Waals surface area contributed by atoms with E-state index in [9.17, 15) is 9.59 Å². The summed E-state index contributed by atoms with van der Waals surface area (Å²) >= 11 is 0. The Morgan fingerprint density at radius 1 is 1.32 bits per heavy atom. The maximum absolute atomic E-state index is 12.9. The highest BCUT2D eigenvalue weighted by Gasteiger charge is 2.40. The highest BCUT2D eigenvalue weighted by molar-refractivity contribution is 6.04. The third-order valence-electron chi connectivity index (χ3n) is 5.02. The first kappa shape index (κ1) is 19.9. The molecule has 5 nitrogen and oxygen atoms in total. The second-order valence-electron chi connectivity index (χ2n) is 7.04. The summed E-state index contributed by atoms with van der Waals surface area (Å²) in [7, 11) is 0. The molecule has 1 aromatic carbocycles. The molecule has 0 aromatic heterocycles. The Morgan fingerprint density at radius 3 is 2.86 bits per heavy atom. The van der Waals surface area contributed by atoms with Crippen LogP contribution in [0.4, 0.5) is 0 Å². The van der Waals surface area contributed by atoms with Crippen molar-refractivity contribution in [2.75, 3.05) is 13.2 Å². The molecule has 5 heteroatoms. The second kappa shape index (κ2) is 8.91. The number of ketones is 1. The molecule has 1 aromatic rings. The minimum absolute atomic E-state index is 0.0746. The van der Waals surface area contributed by atoms with E-state index in [-0.39, 0.29) is 12.4 Å². The van der Waals surface area contributed by atoms with Crippen molar-refractivity contribution >= 4 is 11.8 Å². The van der Waals surface area contributed by atoms with Crippen LogP contribution < -0.4 is 10.1 Å². The quantitative estimate of drug-likeness (QED) is 0.567. The van der Waals surface area contributed by atoms with Gasteiger partial charge in [-0.05, 0) is 32.3 Å². The number of carbonyl (C=O) groups is 2. The molecule has 1 heterocycles. The molecule has 1 aliphatic carbocycles. The summed E-state index contributed by atoms with van der Waals surface area (Å²) in [6.07, 6.45) is 4.50. The number of ether oxygens (including phenoxy) is 2. The Kier molecular flexibility index (Phi) is 6.34. The first-order chi connectivity index (χ1) is 13.6. The molecule has 0 fully saturated rings. The van der Waals surface area contributed by atoms with Crippen LogP contribution in [0.2, 0.25) is 0 Å². The van der Waals surface area contributed by atoms with Gasteiger partial charge in [-0.3, -0.25) is 4.79 Å². The van der Waals surface area contributed by atoms with Crippen LogP contribution in [-0.4, -0.2) is 25.0 Å². The van der Waals surface area contributed by atoms with E-state index in [2.05, 4.69) is 11.9 Å². The van der Waals surface area contributed by atoms with E-state index in [0.717, 1.165) is 36.2 Å². The van der Waals surface area contributed by atoms with E-state index in [1.54, 1.807) is 0 Å². The summed E-state index contributed by atoms with van der Waals surface area (Å²) in [5, 5.41) is 3.29. The first-order valence-corrected chi connectivity index (χ1v) is 9.82. The van der Waals surface area contributed by atoms with E-state index >= 15 is 0 Å². The fourth-order valence-electron chi connectivity index (χ4n) is 3.84. The van der Waals surface area contributed by atoms with Crippen LogP contribution in [0.15, 0.2) is 59.5 Å². The minimum Gasteiger partial charge on any atom is -0.493 e. The molecule has 2 aliphatic rings. The summed E-state index contributed by atoms with van der Waals surface area (Å²) in [5.41, 5.74) is 3.57. The maximum Gasteiger partial charge on any atom is 0.337 e. The van der Waals surface area contributed by atoms with Crippen molar-refractivity contribution in [1.82, 2.24) is 5.32 Å². The zero-order valence-corrected chi connectivity index (χ0v) is 16.5. The van der Waals surface area contributed by atoms with E-state index < -0.39 is 11.9 Å². The highest BCUT2D eigenvalue weighted by atomic mass is 16.5. The van der Waals surface area contributed by atoms with Crippen LogP contribution in [-0.2, 0) is 14.3 Å². The van der Waals surface area contributed by atoms with Crippen molar-refractivity contribution in [3.63, 3.8) is 0 Å². The molecular formula is C23H27NO4. The Morgan fingerprint density at radius 2 is 2.11 bits per heavy atom. The lowest BCUT2D eigenvalue weighted by atomic mass is 9.75. The molecule has 0 bridgehead atoms. The van der Waals surface area contributed by atoms with Crippen molar-refractivity contribution in [3.8, 4) is 5.75 Å². The zero-order chi connectivity index (χ0) is 20.1. The highest BCUT2D eigenvalue weighted by Crippen LogP contribution is 2.45. The van der Waals surface area contributed by atoms with E-state index in [1.807, 2.05) is 38.1 Å². The van der Waals surface area contributed by atoms with Crippen molar-refractivity contribution in [1.29, 1.82) is 0 Å². The number of hydrogen-bond acceptors (Lipinski definition) is 5. The molecule has 0 radical (unpaired) electrons. The molecule has 0 saturated carbocycles. The van der Waals surface area contributed by atoms with Gasteiger partial charge in [0.2, 0.25) is 0 Å². The summed E-state index contributed by atoms with van der Waals surface area (Å²) in [6.45, 7) is 8.20. The predicted octanol–water partition coefficient (Wildman–Crippen LogP) is 4.17. The van der Waals surface area contributed by atoms with Gasteiger partial charge in [-0.2, -0.15) is 0 Å². The maximum atomic E-state index is 12.9. The van der Waals surface area contributed by atoms with Gasteiger partial charge in [0.25, 0.3) is 0 Å². The first-order valence-electron chi connectivity index (χ1n) is 9.82. The van der Waals surface area contributed by atoms with E-state index in [0.29, 0.717) is 29.9 Å². The van der Waals surface area contributed by atoms with Crippen molar-refractivity contribution < 1.29 is 19.1 Å². The number of dihydropyridines is 1. The molecule has 0 spiro atoms. The summed E-state index contributed by atoms with van der Waals surface area (Å²) in [4.78, 5) is 25.8. The number of carbonyl (C=O) groups excluding carboxylic acids is 2. The molecular weight excluding hydrogens is 354 g/mol. The number of rotatable bonds is 7. The molecule has 148 valence electrons. The van der Waals surface area contributed by atoms with Gasteiger partial charge in [-0.1, -0.05) is 37.8 Å². The normalized spacial score (nSPS) is 19.1. The fourth-order valence-corrected chi connectivity index (χ4v) is 3.84. The Hall–Kier alpha value is -2.82. The average molecular weight is 381 g/mol. The smallest absolute Gasteiger partial charge is 0.337 e. The number of Topliss-reactive ketones (excluding diaryl/α,β-unsaturated/α-hetero) is 1. The molecule has 0 saturated heterocycles. The zero-order valence-electron chi connectivity index (χ0n) is 16.5. The van der Waals surface area contributed by atoms with Crippen LogP contribution in [0, 0.1) is 0 Å². The van der Waals surface area contributed by atoms with Gasteiger partial charge in [0, 0.05) is 29.0 Å². The van der Waals surface area contributed by atoms with Gasteiger partial charge in [0.15, 0.2) is 5.78 Å². The molecule has 0 amide bonds. The largest absolute Gasteiger partial charge is 0.493 e. The molecule has 0 unspecified atom stereocenters. The standard InChI is InChI=1S/C23H27NO4/c1-4-13-27-19-12-7-6-9-16(19)21-20(23(26)28-14-5-2)15(3)24-17-10-8-11-18(25)22(17)21/h5-7,9,12,21,24H,2,4,8,10-11,13-14H2,1,3H3/t21-/m0/s1. The predicted molar refractivity (Wildman–Crippen MR) is 108 cm³/mol. The van der Waals surface area contributed by atoms with Gasteiger partial charge < -0.3 is 14.8 Å². The molecule has 1 aliphatic heterocycles. The Labute approximate surface area is 166 Å². The van der Waals surface area contributed by atoms with E-state index in [1.165, 1.54) is 6.08 Å². The topological polar surface area (TPSA) is 64.6 Å². The number of benzene rings is 1. The Balaban J connectivity index is 2.14. The summed E-state index contributed by atoms with van der Waals surface area (Å²) < 4.78 is 11.3. The van der Waals surface area contributed by atoms with Crippen molar-refractivity contribution in [2.45, 2.75) is 45.4 Å². The van der Waals surface area contributed by atoms with Gasteiger partial charge in [-0.15, -0.1) is 0 Å². The molecule has 1 N–H and O–H groups in total. The number of nitrogens with one attached hydrogen (secondary N) is 1. The van der Waals surface area contributed by atoms with Crippen molar-refractivity contribution in [2.24, 2.45) is 0 Å². The van der Waals surface area contributed by atoms with Crippen LogP contribution >= 0.6 is 0 Å².